The molecule has 0 saturated carbocycles. The summed E-state index contributed by atoms with van der Waals surface area (Å²) in [6.07, 6.45) is 0. The van der Waals surface area contributed by atoms with Gasteiger partial charge in [0.2, 0.25) is 0 Å². The van der Waals surface area contributed by atoms with Crippen molar-refractivity contribution in [3.63, 3.8) is 0 Å². The van der Waals surface area contributed by atoms with Crippen molar-refractivity contribution >= 4 is 5.97 Å². The van der Waals surface area contributed by atoms with Gasteiger partial charge >= 0.3 is 5.97 Å². The lowest BCUT2D eigenvalue weighted by Crippen LogP contribution is -1.99. The summed E-state index contributed by atoms with van der Waals surface area (Å²) in [5, 5.41) is 12.7. The van der Waals surface area contributed by atoms with E-state index in [9.17, 15) is 9.18 Å². The van der Waals surface area contributed by atoms with Gasteiger partial charge in [-0.05, 0) is 23.8 Å². The molecule has 2 rings (SSSR count). The normalized spacial score (nSPS) is 10.7. The van der Waals surface area contributed by atoms with Crippen LogP contribution >= 0.6 is 0 Å². The number of aromatic carboxylic acids is 1. The fourth-order valence-electron chi connectivity index (χ4n) is 1.85. The molecule has 0 fully saturated rings. The molecule has 0 radical (unpaired) electrons. The number of hydrogen-bond acceptors (Lipinski definition) is 3. The van der Waals surface area contributed by atoms with Gasteiger partial charge in [0.25, 0.3) is 0 Å². The molecule has 19 heavy (non-hydrogen) atoms. The van der Waals surface area contributed by atoms with E-state index in [1.807, 2.05) is 0 Å². The van der Waals surface area contributed by atoms with Crippen LogP contribution in [-0.4, -0.2) is 28.0 Å². The highest BCUT2D eigenvalue weighted by molar-refractivity contribution is 5.87. The molecule has 6 heteroatoms. The Balaban J connectivity index is 2.44. The molecule has 1 aromatic heterocycles. The maximum absolute atomic E-state index is 14.0. The lowest BCUT2D eigenvalue weighted by Gasteiger charge is -2.06. The Labute approximate surface area is 109 Å². The SMILES string of the molecule is COCc1ccc(-c2cc(C(=O)O)nn2C)c(F)c1. The number of aromatic nitrogens is 2. The Kier molecular flexibility index (Phi) is 3.62. The molecule has 1 aromatic carbocycles. The Bertz CT molecular complexity index is 622. The van der Waals surface area contributed by atoms with Crippen LogP contribution < -0.4 is 0 Å². The molecule has 0 bridgehead atoms. The van der Waals surface area contributed by atoms with Gasteiger partial charge in [-0.1, -0.05) is 6.07 Å². The van der Waals surface area contributed by atoms with E-state index in [0.29, 0.717) is 23.4 Å². The third-order valence-electron chi connectivity index (χ3n) is 2.72. The average Bonchev–Trinajstić information content (AvgIpc) is 2.72. The van der Waals surface area contributed by atoms with E-state index in [2.05, 4.69) is 5.10 Å². The number of ether oxygens (including phenoxy) is 1. The quantitative estimate of drug-likeness (QED) is 0.918. The number of methoxy groups -OCH3 is 1. The highest BCUT2D eigenvalue weighted by Crippen LogP contribution is 2.24. The molecular weight excluding hydrogens is 251 g/mol. The fraction of sp³-hybridized carbons (Fsp3) is 0.231. The highest BCUT2D eigenvalue weighted by atomic mass is 19.1. The molecule has 0 aliphatic carbocycles. The van der Waals surface area contributed by atoms with Crippen LogP contribution in [0.5, 0.6) is 0 Å². The topological polar surface area (TPSA) is 64.3 Å². The zero-order chi connectivity index (χ0) is 14.0. The third-order valence-corrected chi connectivity index (χ3v) is 2.72. The van der Waals surface area contributed by atoms with Gasteiger partial charge in [-0.2, -0.15) is 5.10 Å². The zero-order valence-electron chi connectivity index (χ0n) is 10.6. The smallest absolute Gasteiger partial charge is 0.356 e. The average molecular weight is 264 g/mol. The fourth-order valence-corrected chi connectivity index (χ4v) is 1.85. The molecule has 0 unspecified atom stereocenters. The van der Waals surface area contributed by atoms with Crippen LogP contribution in [0.4, 0.5) is 4.39 Å². The maximum Gasteiger partial charge on any atom is 0.356 e. The highest BCUT2D eigenvalue weighted by Gasteiger charge is 2.15. The third kappa shape index (κ3) is 2.63. The Morgan fingerprint density at radius 1 is 1.47 bits per heavy atom. The molecule has 0 aliphatic heterocycles. The molecule has 5 nitrogen and oxygen atoms in total. The van der Waals surface area contributed by atoms with E-state index in [1.165, 1.54) is 23.9 Å². The summed E-state index contributed by atoms with van der Waals surface area (Å²) in [4.78, 5) is 10.8. The first-order chi connectivity index (χ1) is 9.02. The first-order valence-electron chi connectivity index (χ1n) is 5.58. The minimum absolute atomic E-state index is 0.113. The van der Waals surface area contributed by atoms with Crippen LogP contribution in [0.25, 0.3) is 11.3 Å². The molecule has 0 spiro atoms. The predicted molar refractivity (Wildman–Crippen MR) is 66.3 cm³/mol. The monoisotopic (exact) mass is 264 g/mol. The molecule has 0 saturated heterocycles. The van der Waals surface area contributed by atoms with Crippen molar-refractivity contribution in [2.45, 2.75) is 6.61 Å². The number of rotatable bonds is 4. The first kappa shape index (κ1) is 13.2. The van der Waals surface area contributed by atoms with Crippen molar-refractivity contribution < 1.29 is 19.0 Å². The Morgan fingerprint density at radius 2 is 2.21 bits per heavy atom. The Morgan fingerprint density at radius 3 is 2.74 bits per heavy atom. The summed E-state index contributed by atoms with van der Waals surface area (Å²) >= 11 is 0. The molecule has 0 atom stereocenters. The molecule has 1 N–H and O–H groups in total. The molecule has 0 aliphatic rings. The maximum atomic E-state index is 14.0. The first-order valence-corrected chi connectivity index (χ1v) is 5.58. The van der Waals surface area contributed by atoms with Crippen molar-refractivity contribution in [2.75, 3.05) is 7.11 Å². The number of benzene rings is 1. The van der Waals surface area contributed by atoms with Gasteiger partial charge in [0.05, 0.1) is 12.3 Å². The number of carboxylic acid groups (broad SMARTS) is 1. The zero-order valence-corrected chi connectivity index (χ0v) is 10.6. The van der Waals surface area contributed by atoms with E-state index in [-0.39, 0.29) is 5.69 Å². The summed E-state index contributed by atoms with van der Waals surface area (Å²) in [6.45, 7) is 0.322. The second-order valence-corrected chi connectivity index (χ2v) is 4.09. The second kappa shape index (κ2) is 5.19. The lowest BCUT2D eigenvalue weighted by molar-refractivity contribution is 0.0689. The van der Waals surface area contributed by atoms with Crippen molar-refractivity contribution in [1.82, 2.24) is 9.78 Å². The van der Waals surface area contributed by atoms with Crippen molar-refractivity contribution in [3.8, 4) is 11.3 Å². The number of nitrogens with zero attached hydrogens (tertiary/aromatic N) is 2. The molecule has 0 amide bonds. The molecule has 2 aromatic rings. The summed E-state index contributed by atoms with van der Waals surface area (Å²) < 4.78 is 20.3. The second-order valence-electron chi connectivity index (χ2n) is 4.09. The standard InChI is InChI=1S/C13H13FN2O3/c1-16-12(6-11(15-16)13(17)18)9-4-3-8(7-19-2)5-10(9)14/h3-6H,7H2,1-2H3,(H,17,18). The van der Waals surface area contributed by atoms with Crippen LogP contribution in [-0.2, 0) is 18.4 Å². The minimum atomic E-state index is -1.14. The van der Waals surface area contributed by atoms with Gasteiger partial charge in [-0.15, -0.1) is 0 Å². The number of aryl methyl sites for hydroxylation is 1. The van der Waals surface area contributed by atoms with Gasteiger partial charge < -0.3 is 9.84 Å². The molecule has 100 valence electrons. The summed E-state index contributed by atoms with van der Waals surface area (Å²) in [6, 6.07) is 6.03. The minimum Gasteiger partial charge on any atom is -0.476 e. The largest absolute Gasteiger partial charge is 0.476 e. The number of carboxylic acids is 1. The van der Waals surface area contributed by atoms with Gasteiger partial charge in [-0.25, -0.2) is 9.18 Å². The molecular formula is C13H13FN2O3. The summed E-state index contributed by atoms with van der Waals surface area (Å²) in [5.41, 5.74) is 1.32. The van der Waals surface area contributed by atoms with Crippen molar-refractivity contribution in [3.05, 3.63) is 41.3 Å². The van der Waals surface area contributed by atoms with Crippen LogP contribution in [0.2, 0.25) is 0 Å². The van der Waals surface area contributed by atoms with Gasteiger partial charge in [0, 0.05) is 19.7 Å². The number of carbonyl (C=O) groups is 1. The summed E-state index contributed by atoms with van der Waals surface area (Å²) in [5.74, 6) is -1.58. The van der Waals surface area contributed by atoms with Crippen LogP contribution in [0.3, 0.4) is 0 Å². The van der Waals surface area contributed by atoms with Crippen LogP contribution in [0.15, 0.2) is 24.3 Å². The summed E-state index contributed by atoms with van der Waals surface area (Å²) in [7, 11) is 3.11. The van der Waals surface area contributed by atoms with Gasteiger partial charge in [-0.3, -0.25) is 4.68 Å². The van der Waals surface area contributed by atoms with Crippen molar-refractivity contribution in [2.24, 2.45) is 7.05 Å². The Hall–Kier alpha value is -2.21. The predicted octanol–water partition coefficient (Wildman–Crippen LogP) is 2.07. The van der Waals surface area contributed by atoms with Crippen molar-refractivity contribution in [1.29, 1.82) is 0 Å². The van der Waals surface area contributed by atoms with E-state index in [1.54, 1.807) is 19.2 Å². The van der Waals surface area contributed by atoms with Crippen LogP contribution in [0.1, 0.15) is 16.1 Å². The lowest BCUT2D eigenvalue weighted by atomic mass is 10.1. The van der Waals surface area contributed by atoms with E-state index in [0.717, 1.165) is 0 Å². The number of halogens is 1. The molecule has 1 heterocycles. The number of hydrogen-bond donors (Lipinski definition) is 1. The van der Waals surface area contributed by atoms with E-state index < -0.39 is 11.8 Å². The van der Waals surface area contributed by atoms with E-state index in [4.69, 9.17) is 9.84 Å². The van der Waals surface area contributed by atoms with Crippen LogP contribution in [0, 0.1) is 5.82 Å². The van der Waals surface area contributed by atoms with Gasteiger partial charge in [0.15, 0.2) is 5.69 Å². The van der Waals surface area contributed by atoms with E-state index >= 15 is 0 Å². The van der Waals surface area contributed by atoms with Gasteiger partial charge in [0.1, 0.15) is 5.82 Å².